The summed E-state index contributed by atoms with van der Waals surface area (Å²) >= 11 is 0. The fraction of sp³-hybridized carbons (Fsp3) is 0.235. The number of benzene rings is 2. The maximum absolute atomic E-state index is 5.76. The molecule has 0 saturated carbocycles. The van der Waals surface area contributed by atoms with Crippen LogP contribution in [0.3, 0.4) is 0 Å². The van der Waals surface area contributed by atoms with E-state index < -0.39 is 0 Å². The van der Waals surface area contributed by atoms with Crippen molar-refractivity contribution in [2.45, 2.75) is 26.5 Å². The molecule has 22 heavy (non-hydrogen) atoms. The van der Waals surface area contributed by atoms with Crippen LogP contribution in [0.25, 0.3) is 11.4 Å². The van der Waals surface area contributed by atoms with Gasteiger partial charge in [0.15, 0.2) is 0 Å². The van der Waals surface area contributed by atoms with Crippen LogP contribution in [0.5, 0.6) is 5.75 Å². The zero-order valence-electron chi connectivity index (χ0n) is 12.7. The predicted octanol–water partition coefficient (Wildman–Crippen LogP) is 3.50. The van der Waals surface area contributed by atoms with E-state index in [9.17, 15) is 0 Å². The second-order valence-corrected chi connectivity index (χ2v) is 5.33. The van der Waals surface area contributed by atoms with Crippen LogP contribution in [0.4, 0.5) is 0 Å². The first kappa shape index (κ1) is 14.3. The topological polar surface area (TPSA) is 52.8 Å². The summed E-state index contributed by atoms with van der Waals surface area (Å²) in [5.41, 5.74) is 2.08. The summed E-state index contributed by atoms with van der Waals surface area (Å²) in [5.74, 6) is 1.45. The van der Waals surface area contributed by atoms with Gasteiger partial charge < -0.3 is 4.74 Å². The highest BCUT2D eigenvalue weighted by atomic mass is 16.5. The molecule has 1 aromatic heterocycles. The molecule has 0 bridgehead atoms. The molecule has 0 atom stereocenters. The van der Waals surface area contributed by atoms with Gasteiger partial charge in [-0.3, -0.25) is 0 Å². The number of hydrogen-bond acceptors (Lipinski definition) is 4. The third-order valence-corrected chi connectivity index (χ3v) is 3.25. The standard InChI is InChI=1S/C17H18N4O/c1-13(2)21-19-17(18-20-21)15-8-10-16(11-9-15)22-12-14-6-4-3-5-7-14/h3-11,13H,12H2,1-2H3. The largest absolute Gasteiger partial charge is 0.489 e. The lowest BCUT2D eigenvalue weighted by Crippen LogP contribution is -2.04. The van der Waals surface area contributed by atoms with Crippen LogP contribution in [0, 0.1) is 0 Å². The summed E-state index contributed by atoms with van der Waals surface area (Å²) in [6.45, 7) is 4.60. The molecule has 0 aliphatic carbocycles. The summed E-state index contributed by atoms with van der Waals surface area (Å²) in [6.07, 6.45) is 0. The number of tetrazole rings is 1. The van der Waals surface area contributed by atoms with Crippen molar-refractivity contribution in [3.05, 3.63) is 60.2 Å². The molecule has 3 aromatic rings. The van der Waals surface area contributed by atoms with Crippen molar-refractivity contribution < 1.29 is 4.74 Å². The third-order valence-electron chi connectivity index (χ3n) is 3.25. The Balaban J connectivity index is 1.67. The summed E-state index contributed by atoms with van der Waals surface area (Å²) in [5, 5.41) is 12.5. The Hall–Kier alpha value is -2.69. The van der Waals surface area contributed by atoms with Gasteiger partial charge >= 0.3 is 0 Å². The summed E-state index contributed by atoms with van der Waals surface area (Å²) in [7, 11) is 0. The molecule has 0 aliphatic heterocycles. The Morgan fingerprint density at radius 2 is 1.73 bits per heavy atom. The highest BCUT2D eigenvalue weighted by Gasteiger charge is 2.08. The average molecular weight is 294 g/mol. The van der Waals surface area contributed by atoms with E-state index in [2.05, 4.69) is 15.4 Å². The highest BCUT2D eigenvalue weighted by molar-refractivity contribution is 5.55. The van der Waals surface area contributed by atoms with Crippen molar-refractivity contribution in [2.75, 3.05) is 0 Å². The lowest BCUT2D eigenvalue weighted by molar-refractivity contribution is 0.306. The normalized spacial score (nSPS) is 10.9. The van der Waals surface area contributed by atoms with Gasteiger partial charge in [0.1, 0.15) is 12.4 Å². The van der Waals surface area contributed by atoms with Gasteiger partial charge in [0.05, 0.1) is 6.04 Å². The third kappa shape index (κ3) is 3.31. The molecule has 0 radical (unpaired) electrons. The van der Waals surface area contributed by atoms with Crippen molar-refractivity contribution in [1.82, 2.24) is 20.2 Å². The SMILES string of the molecule is CC(C)n1nnc(-c2ccc(OCc3ccccc3)cc2)n1. The summed E-state index contributed by atoms with van der Waals surface area (Å²) in [4.78, 5) is 1.61. The van der Waals surface area contributed by atoms with Crippen LogP contribution in [0.1, 0.15) is 25.5 Å². The van der Waals surface area contributed by atoms with Crippen molar-refractivity contribution in [1.29, 1.82) is 0 Å². The monoisotopic (exact) mass is 294 g/mol. The first-order valence-corrected chi connectivity index (χ1v) is 7.29. The van der Waals surface area contributed by atoms with Crippen LogP contribution < -0.4 is 4.74 Å². The Bertz CT molecular complexity index is 720. The smallest absolute Gasteiger partial charge is 0.204 e. The van der Waals surface area contributed by atoms with Crippen LogP contribution >= 0.6 is 0 Å². The number of ether oxygens (including phenoxy) is 1. The fourth-order valence-corrected chi connectivity index (χ4v) is 2.00. The molecule has 1 heterocycles. The number of rotatable bonds is 5. The number of hydrogen-bond donors (Lipinski definition) is 0. The van der Waals surface area contributed by atoms with Crippen LogP contribution in [0.15, 0.2) is 54.6 Å². The molecule has 5 heteroatoms. The van der Waals surface area contributed by atoms with Crippen LogP contribution in [-0.4, -0.2) is 20.2 Å². The number of nitrogens with zero attached hydrogens (tertiary/aromatic N) is 4. The summed E-state index contributed by atoms with van der Waals surface area (Å²) < 4.78 is 5.76. The van der Waals surface area contributed by atoms with Gasteiger partial charge in [-0.25, -0.2) is 0 Å². The number of aromatic nitrogens is 4. The molecule has 0 saturated heterocycles. The molecule has 2 aromatic carbocycles. The molecule has 0 amide bonds. The molecular weight excluding hydrogens is 276 g/mol. The maximum atomic E-state index is 5.76. The van der Waals surface area contributed by atoms with E-state index in [-0.39, 0.29) is 6.04 Å². The first-order chi connectivity index (χ1) is 10.7. The van der Waals surface area contributed by atoms with E-state index in [0.717, 1.165) is 16.9 Å². The van der Waals surface area contributed by atoms with Crippen molar-refractivity contribution in [3.8, 4) is 17.1 Å². The second-order valence-electron chi connectivity index (χ2n) is 5.33. The molecule has 0 fully saturated rings. The van der Waals surface area contributed by atoms with Gasteiger partial charge in [0, 0.05) is 5.56 Å². The first-order valence-electron chi connectivity index (χ1n) is 7.29. The Kier molecular flexibility index (Phi) is 4.14. The Labute approximate surface area is 129 Å². The van der Waals surface area contributed by atoms with E-state index in [1.165, 1.54) is 0 Å². The minimum Gasteiger partial charge on any atom is -0.489 e. The molecule has 0 unspecified atom stereocenters. The quantitative estimate of drug-likeness (QED) is 0.722. The molecular formula is C17H18N4O. The Morgan fingerprint density at radius 1 is 1.00 bits per heavy atom. The zero-order valence-corrected chi connectivity index (χ0v) is 12.7. The van der Waals surface area contributed by atoms with Gasteiger partial charge in [-0.2, -0.15) is 4.80 Å². The second kappa shape index (κ2) is 6.39. The van der Waals surface area contributed by atoms with Gasteiger partial charge in [-0.05, 0) is 48.9 Å². The average Bonchev–Trinajstić information content (AvgIpc) is 3.05. The molecule has 3 rings (SSSR count). The zero-order chi connectivity index (χ0) is 15.4. The van der Waals surface area contributed by atoms with Crippen molar-refractivity contribution in [3.63, 3.8) is 0 Å². The van der Waals surface area contributed by atoms with E-state index >= 15 is 0 Å². The Morgan fingerprint density at radius 3 is 2.36 bits per heavy atom. The van der Waals surface area contributed by atoms with Crippen LogP contribution in [-0.2, 0) is 6.61 Å². The van der Waals surface area contributed by atoms with Gasteiger partial charge in [0.2, 0.25) is 5.82 Å². The molecule has 0 spiro atoms. The van der Waals surface area contributed by atoms with Crippen molar-refractivity contribution >= 4 is 0 Å². The predicted molar refractivity (Wildman–Crippen MR) is 84.4 cm³/mol. The van der Waals surface area contributed by atoms with Crippen LogP contribution in [0.2, 0.25) is 0 Å². The molecule has 0 N–H and O–H groups in total. The molecule has 0 aliphatic rings. The summed E-state index contributed by atoms with van der Waals surface area (Å²) in [6, 6.07) is 18.0. The highest BCUT2D eigenvalue weighted by Crippen LogP contribution is 2.20. The lowest BCUT2D eigenvalue weighted by Gasteiger charge is -2.06. The van der Waals surface area contributed by atoms with E-state index in [4.69, 9.17) is 4.74 Å². The van der Waals surface area contributed by atoms with E-state index in [0.29, 0.717) is 12.4 Å². The maximum Gasteiger partial charge on any atom is 0.204 e. The molecule has 112 valence electrons. The van der Waals surface area contributed by atoms with Gasteiger partial charge in [-0.15, -0.1) is 10.2 Å². The minimum atomic E-state index is 0.203. The van der Waals surface area contributed by atoms with E-state index in [1.807, 2.05) is 68.4 Å². The van der Waals surface area contributed by atoms with Crippen molar-refractivity contribution in [2.24, 2.45) is 0 Å². The molecule has 5 nitrogen and oxygen atoms in total. The fourth-order valence-electron chi connectivity index (χ4n) is 2.00. The van der Waals surface area contributed by atoms with Gasteiger partial charge in [-0.1, -0.05) is 30.3 Å². The lowest BCUT2D eigenvalue weighted by atomic mass is 10.2. The minimum absolute atomic E-state index is 0.203. The van der Waals surface area contributed by atoms with E-state index in [1.54, 1.807) is 4.80 Å². The van der Waals surface area contributed by atoms with Gasteiger partial charge in [0.25, 0.3) is 0 Å².